The number of benzene rings is 3. The van der Waals surface area contributed by atoms with Crippen molar-refractivity contribution in [1.82, 2.24) is 15.2 Å². The summed E-state index contributed by atoms with van der Waals surface area (Å²) in [6.07, 6.45) is 5.90. The zero-order valence-corrected chi connectivity index (χ0v) is 27.8. The number of halogens is 3. The van der Waals surface area contributed by atoms with Crippen LogP contribution in [0.15, 0.2) is 85.2 Å². The first-order valence-electron chi connectivity index (χ1n) is 16.0. The van der Waals surface area contributed by atoms with Crippen LogP contribution in [-0.4, -0.2) is 56.8 Å². The number of amides is 3. The SMILES string of the molecule is O=C(Nc1ccc(CC(NC(=O)C2C3CCC(CC3)N2C(=O)Cc2ccc(-c3ccc(F)cc3)cc2)C(=O)O)cc1)c1c(Cl)cncc1Cl. The summed E-state index contributed by atoms with van der Waals surface area (Å²) in [7, 11) is 0. The number of pyridine rings is 1. The molecule has 2 aliphatic heterocycles. The van der Waals surface area contributed by atoms with Crippen molar-refractivity contribution in [3.63, 3.8) is 0 Å². The van der Waals surface area contributed by atoms with Crippen LogP contribution in [0.5, 0.6) is 0 Å². The Labute approximate surface area is 292 Å². The van der Waals surface area contributed by atoms with Crippen LogP contribution in [-0.2, 0) is 27.2 Å². The average Bonchev–Trinajstić information content (AvgIpc) is 3.09. The minimum absolute atomic E-state index is 0.00746. The predicted octanol–water partition coefficient (Wildman–Crippen LogP) is 6.57. The number of carbonyl (C=O) groups is 4. The largest absolute Gasteiger partial charge is 0.480 e. The highest BCUT2D eigenvalue weighted by Gasteiger charge is 2.47. The van der Waals surface area contributed by atoms with Crippen LogP contribution in [0.3, 0.4) is 0 Å². The number of nitrogens with one attached hydrogen (secondary N) is 2. The van der Waals surface area contributed by atoms with Gasteiger partial charge < -0.3 is 20.6 Å². The summed E-state index contributed by atoms with van der Waals surface area (Å²) in [5.74, 6) is -2.75. The summed E-state index contributed by atoms with van der Waals surface area (Å²) in [5.41, 5.74) is 3.67. The molecule has 4 aromatic rings. The molecule has 3 amide bonds. The normalized spacial score (nSPS) is 18.8. The number of hydrogen-bond donors (Lipinski definition) is 3. The van der Waals surface area contributed by atoms with Gasteiger partial charge in [-0.2, -0.15) is 0 Å². The van der Waals surface area contributed by atoms with Gasteiger partial charge in [-0.1, -0.05) is 71.7 Å². The molecule has 2 atom stereocenters. The molecular weight excluding hydrogens is 670 g/mol. The Morgan fingerprint density at radius 2 is 1.41 bits per heavy atom. The van der Waals surface area contributed by atoms with Gasteiger partial charge in [0, 0.05) is 30.5 Å². The van der Waals surface area contributed by atoms with Gasteiger partial charge in [-0.15, -0.1) is 0 Å². The second-order valence-corrected chi connectivity index (χ2v) is 13.2. The molecule has 12 heteroatoms. The summed E-state index contributed by atoms with van der Waals surface area (Å²) in [6.45, 7) is 0. The molecule has 1 saturated carbocycles. The summed E-state index contributed by atoms with van der Waals surface area (Å²) in [5, 5.41) is 15.7. The maximum Gasteiger partial charge on any atom is 0.326 e. The summed E-state index contributed by atoms with van der Waals surface area (Å²) >= 11 is 12.2. The van der Waals surface area contributed by atoms with Crippen molar-refractivity contribution >= 4 is 52.6 Å². The van der Waals surface area contributed by atoms with E-state index in [1.807, 2.05) is 24.3 Å². The molecule has 3 aliphatic rings. The van der Waals surface area contributed by atoms with Crippen molar-refractivity contribution in [2.24, 2.45) is 5.92 Å². The predicted molar refractivity (Wildman–Crippen MR) is 184 cm³/mol. The molecular formula is C37H33Cl2FN4O5. The van der Waals surface area contributed by atoms with E-state index < -0.39 is 29.9 Å². The van der Waals surface area contributed by atoms with E-state index in [1.165, 1.54) is 24.5 Å². The molecule has 7 rings (SSSR count). The van der Waals surface area contributed by atoms with Crippen LogP contribution in [0.1, 0.15) is 47.2 Å². The van der Waals surface area contributed by atoms with Crippen molar-refractivity contribution in [2.75, 3.05) is 5.32 Å². The number of anilines is 1. The number of rotatable bonds is 10. The third kappa shape index (κ3) is 7.76. The van der Waals surface area contributed by atoms with Crippen LogP contribution in [0.4, 0.5) is 10.1 Å². The Balaban J connectivity index is 1.11. The molecule has 3 N–H and O–H groups in total. The fourth-order valence-corrected chi connectivity index (χ4v) is 7.35. The van der Waals surface area contributed by atoms with Crippen molar-refractivity contribution in [3.05, 3.63) is 118 Å². The second kappa shape index (κ2) is 14.8. The molecule has 2 saturated heterocycles. The zero-order chi connectivity index (χ0) is 34.7. The van der Waals surface area contributed by atoms with Gasteiger partial charge >= 0.3 is 5.97 Å². The van der Waals surface area contributed by atoms with Gasteiger partial charge in [-0.05, 0) is 78.1 Å². The molecule has 3 aromatic carbocycles. The highest BCUT2D eigenvalue weighted by Crippen LogP contribution is 2.40. The zero-order valence-electron chi connectivity index (χ0n) is 26.2. The third-order valence-electron chi connectivity index (χ3n) is 9.27. The minimum Gasteiger partial charge on any atom is -0.480 e. The van der Waals surface area contributed by atoms with Crippen LogP contribution >= 0.6 is 23.2 Å². The van der Waals surface area contributed by atoms with Crippen LogP contribution < -0.4 is 10.6 Å². The highest BCUT2D eigenvalue weighted by molar-refractivity contribution is 6.40. The van der Waals surface area contributed by atoms with Crippen molar-refractivity contribution in [2.45, 2.75) is 56.7 Å². The van der Waals surface area contributed by atoms with Gasteiger partial charge in [-0.3, -0.25) is 19.4 Å². The van der Waals surface area contributed by atoms with Crippen LogP contribution in [0, 0.1) is 11.7 Å². The molecule has 9 nitrogen and oxygen atoms in total. The number of carboxylic acids is 1. The summed E-state index contributed by atoms with van der Waals surface area (Å²) in [4.78, 5) is 58.1. The summed E-state index contributed by atoms with van der Waals surface area (Å²) in [6, 6.07) is 18.1. The number of carboxylic acid groups (broad SMARTS) is 1. The molecule has 252 valence electrons. The standard InChI is InChI=1S/C37H33Cl2FN4O5/c38-29-19-41-20-30(39)33(29)35(46)42-27-13-3-21(4-14-27)17-31(37(48)49)43-36(47)34-25-9-15-28(16-10-25)44(34)32(45)18-22-1-5-23(6-2-22)24-7-11-26(40)12-8-24/h1-8,11-14,19-20,25,28,31,34H,9-10,15-18H2,(H,42,46)(H,43,47)(H,48,49). The van der Waals surface area contributed by atoms with Crippen molar-refractivity contribution in [3.8, 4) is 11.1 Å². The molecule has 3 heterocycles. The molecule has 0 spiro atoms. The van der Waals surface area contributed by atoms with Gasteiger partial charge in [0.15, 0.2) is 0 Å². The maximum absolute atomic E-state index is 13.8. The van der Waals surface area contributed by atoms with Gasteiger partial charge in [-0.25, -0.2) is 9.18 Å². The highest BCUT2D eigenvalue weighted by atomic mass is 35.5. The first kappa shape index (κ1) is 34.1. The molecule has 3 fully saturated rings. The Hall–Kier alpha value is -4.80. The van der Waals surface area contributed by atoms with Crippen molar-refractivity contribution in [1.29, 1.82) is 0 Å². The second-order valence-electron chi connectivity index (χ2n) is 12.4. The number of aromatic nitrogens is 1. The topological polar surface area (TPSA) is 129 Å². The lowest BCUT2D eigenvalue weighted by molar-refractivity contribution is -0.154. The Morgan fingerprint density at radius 3 is 2.00 bits per heavy atom. The molecule has 1 aromatic heterocycles. The van der Waals surface area contributed by atoms with Crippen LogP contribution in [0.25, 0.3) is 11.1 Å². The molecule has 2 bridgehead atoms. The van der Waals surface area contributed by atoms with E-state index in [9.17, 15) is 28.7 Å². The smallest absolute Gasteiger partial charge is 0.326 e. The van der Waals surface area contributed by atoms with Gasteiger partial charge in [0.05, 0.1) is 22.0 Å². The number of hydrogen-bond acceptors (Lipinski definition) is 5. The van der Waals surface area contributed by atoms with E-state index in [4.69, 9.17) is 23.2 Å². The number of nitrogens with zero attached hydrogens (tertiary/aromatic N) is 2. The quantitative estimate of drug-likeness (QED) is 0.172. The van der Waals surface area contributed by atoms with E-state index in [-0.39, 0.29) is 52.1 Å². The number of fused-ring (bicyclic) bond motifs is 3. The van der Waals surface area contributed by atoms with E-state index in [0.717, 1.165) is 42.4 Å². The van der Waals surface area contributed by atoms with Crippen molar-refractivity contribution < 1.29 is 28.7 Å². The van der Waals surface area contributed by atoms with E-state index >= 15 is 0 Å². The first-order valence-corrected chi connectivity index (χ1v) is 16.7. The minimum atomic E-state index is -1.24. The number of aliphatic carboxylic acids is 1. The average molecular weight is 704 g/mol. The first-order chi connectivity index (χ1) is 23.6. The Bertz CT molecular complexity index is 1840. The Morgan fingerprint density at radius 1 is 0.837 bits per heavy atom. The molecule has 1 aliphatic carbocycles. The lowest BCUT2D eigenvalue weighted by Gasteiger charge is -2.50. The molecule has 0 radical (unpaired) electrons. The molecule has 2 unspecified atom stereocenters. The summed E-state index contributed by atoms with van der Waals surface area (Å²) < 4.78 is 13.3. The van der Waals surface area contributed by atoms with Gasteiger partial charge in [0.1, 0.15) is 17.9 Å². The number of carbonyl (C=O) groups excluding carboxylic acids is 3. The monoisotopic (exact) mass is 702 g/mol. The molecule has 49 heavy (non-hydrogen) atoms. The van der Waals surface area contributed by atoms with Gasteiger partial charge in [0.25, 0.3) is 5.91 Å². The van der Waals surface area contributed by atoms with E-state index in [1.54, 1.807) is 41.3 Å². The van der Waals surface area contributed by atoms with E-state index in [2.05, 4.69) is 15.6 Å². The lowest BCUT2D eigenvalue weighted by atomic mass is 9.74. The fourth-order valence-electron chi connectivity index (χ4n) is 6.81. The Kier molecular flexibility index (Phi) is 10.3. The number of piperidine rings is 2. The van der Waals surface area contributed by atoms with Crippen LogP contribution in [0.2, 0.25) is 10.0 Å². The maximum atomic E-state index is 13.8. The van der Waals surface area contributed by atoms with E-state index in [0.29, 0.717) is 11.3 Å². The lowest BCUT2D eigenvalue weighted by Crippen LogP contribution is -2.64. The third-order valence-corrected chi connectivity index (χ3v) is 9.84. The fraction of sp³-hybridized carbons (Fsp3) is 0.270. The van der Waals surface area contributed by atoms with Gasteiger partial charge in [0.2, 0.25) is 11.8 Å².